The lowest BCUT2D eigenvalue weighted by Crippen LogP contribution is -2.38. The molecule has 1 amide bonds. The minimum atomic E-state index is -4.14. The topological polar surface area (TPSA) is 102 Å². The molecule has 0 radical (unpaired) electrons. The van der Waals surface area contributed by atoms with Crippen LogP contribution in [0.25, 0.3) is 0 Å². The van der Waals surface area contributed by atoms with Crippen molar-refractivity contribution in [3.63, 3.8) is 0 Å². The average Bonchev–Trinajstić information content (AvgIpc) is 3.48. The van der Waals surface area contributed by atoms with Crippen molar-refractivity contribution in [2.24, 2.45) is 0 Å². The monoisotopic (exact) mass is 560 g/mol. The van der Waals surface area contributed by atoms with Gasteiger partial charge in [0.15, 0.2) is 0 Å². The molecular weight excluding hydrogens is 532 g/mol. The number of nitrogens with zero attached hydrogens (tertiary/aromatic N) is 1. The van der Waals surface area contributed by atoms with Gasteiger partial charge in [0.05, 0.1) is 29.9 Å². The fraction of sp³-hybridized carbons (Fsp3) is 0.308. The summed E-state index contributed by atoms with van der Waals surface area (Å²) in [6.07, 6.45) is 4.41. The highest BCUT2D eigenvalue weighted by atomic mass is 32.2. The Morgan fingerprint density at radius 3 is 2.51 bits per heavy atom. The number of benzene rings is 2. The predicted molar refractivity (Wildman–Crippen MR) is 147 cm³/mol. The first-order valence-corrected chi connectivity index (χ1v) is 15.2. The largest absolute Gasteiger partial charge is 0.492 e. The van der Waals surface area contributed by atoms with Gasteiger partial charge in [-0.25, -0.2) is 13.2 Å². The number of sulfonamides is 1. The van der Waals surface area contributed by atoms with Gasteiger partial charge in [0.25, 0.3) is 10.0 Å². The average molecular weight is 561 g/mol. The summed E-state index contributed by atoms with van der Waals surface area (Å²) in [5, 5.41) is 3.15. The lowest BCUT2D eigenvalue weighted by Gasteiger charge is -2.26. The molecule has 1 N–H and O–H groups in total. The second-order valence-electron chi connectivity index (χ2n) is 8.19. The Kier molecular flexibility index (Phi) is 8.46. The normalized spacial score (nSPS) is 12.6. The van der Waals surface area contributed by atoms with Crippen LogP contribution in [0.1, 0.15) is 34.1 Å². The van der Waals surface area contributed by atoms with Gasteiger partial charge in [-0.3, -0.25) is 9.10 Å². The Balaban J connectivity index is 1.71. The number of nitrogens with one attached hydrogen (secondary N) is 1. The van der Waals surface area contributed by atoms with E-state index in [1.165, 1.54) is 42.3 Å². The van der Waals surface area contributed by atoms with Gasteiger partial charge in [-0.05, 0) is 74.4 Å². The van der Waals surface area contributed by atoms with Gasteiger partial charge < -0.3 is 14.8 Å². The molecule has 2 aromatic carbocycles. The first kappa shape index (κ1) is 27.0. The van der Waals surface area contributed by atoms with Gasteiger partial charge >= 0.3 is 5.97 Å². The molecule has 0 atom stereocenters. The van der Waals surface area contributed by atoms with Crippen LogP contribution in [-0.2, 0) is 32.4 Å². The van der Waals surface area contributed by atoms with Gasteiger partial charge in [-0.15, -0.1) is 23.1 Å². The highest BCUT2D eigenvalue weighted by Crippen LogP contribution is 2.40. The van der Waals surface area contributed by atoms with Crippen molar-refractivity contribution in [1.82, 2.24) is 0 Å². The van der Waals surface area contributed by atoms with Crippen LogP contribution in [0.4, 0.5) is 10.7 Å². The number of thioether (sulfide) groups is 1. The zero-order valence-corrected chi connectivity index (χ0v) is 23.2. The number of carbonyl (C=O) groups is 2. The molecule has 1 aliphatic rings. The summed E-state index contributed by atoms with van der Waals surface area (Å²) in [6, 6.07) is 13.2. The van der Waals surface area contributed by atoms with Crippen molar-refractivity contribution in [3.05, 3.63) is 64.5 Å². The van der Waals surface area contributed by atoms with Crippen LogP contribution in [0.2, 0.25) is 0 Å². The number of esters is 1. The van der Waals surface area contributed by atoms with Crippen molar-refractivity contribution in [2.75, 3.05) is 36.1 Å². The third kappa shape index (κ3) is 5.63. The Labute approximate surface area is 225 Å². The highest BCUT2D eigenvalue weighted by molar-refractivity contribution is 7.98. The van der Waals surface area contributed by atoms with E-state index in [1.54, 1.807) is 43.3 Å². The fourth-order valence-electron chi connectivity index (χ4n) is 4.22. The molecule has 1 aliphatic carbocycles. The Morgan fingerprint density at radius 2 is 1.84 bits per heavy atom. The SMILES string of the molecule is CCOc1ccccc1N(CC(=O)Nc1sc2c(c1C(=O)OC)CCC2)S(=O)(=O)c1ccc(SC)cc1. The lowest BCUT2D eigenvalue weighted by molar-refractivity contribution is -0.114. The van der Waals surface area contributed by atoms with Gasteiger partial charge in [-0.1, -0.05) is 12.1 Å². The van der Waals surface area contributed by atoms with E-state index in [4.69, 9.17) is 9.47 Å². The molecule has 1 heterocycles. The van der Waals surface area contributed by atoms with E-state index in [0.717, 1.165) is 38.9 Å². The molecule has 0 aliphatic heterocycles. The summed E-state index contributed by atoms with van der Waals surface area (Å²) in [6.45, 7) is 1.61. The molecular formula is C26H28N2O6S3. The molecule has 1 aromatic heterocycles. The molecule has 0 bridgehead atoms. The number of thiophene rings is 1. The zero-order chi connectivity index (χ0) is 26.6. The molecule has 0 saturated carbocycles. The van der Waals surface area contributed by atoms with Crippen molar-refractivity contribution >= 4 is 55.7 Å². The number of methoxy groups -OCH3 is 1. The van der Waals surface area contributed by atoms with Crippen LogP contribution in [0.15, 0.2) is 58.3 Å². The standard InChI is InChI=1S/C26H28N2O6S3/c1-4-34-21-10-6-5-9-20(21)28(37(31,32)18-14-12-17(35-3)13-15-18)16-23(29)27-25-24(26(30)33-2)19-8-7-11-22(19)36-25/h5-6,9-10,12-15H,4,7-8,11,16H2,1-3H3,(H,27,29). The number of anilines is 2. The van der Waals surface area contributed by atoms with E-state index in [0.29, 0.717) is 22.9 Å². The second kappa shape index (κ2) is 11.6. The summed E-state index contributed by atoms with van der Waals surface area (Å²) in [7, 11) is -2.84. The molecule has 0 unspecified atom stereocenters. The number of hydrogen-bond acceptors (Lipinski definition) is 8. The van der Waals surface area contributed by atoms with Crippen LogP contribution in [0, 0.1) is 0 Å². The quantitative estimate of drug-likeness (QED) is 0.276. The lowest BCUT2D eigenvalue weighted by atomic mass is 10.1. The minimum absolute atomic E-state index is 0.0507. The number of ether oxygens (including phenoxy) is 2. The third-order valence-electron chi connectivity index (χ3n) is 5.93. The molecule has 11 heteroatoms. The van der Waals surface area contributed by atoms with E-state index < -0.39 is 28.4 Å². The molecule has 0 fully saturated rings. The molecule has 0 saturated heterocycles. The summed E-state index contributed by atoms with van der Waals surface area (Å²) < 4.78 is 39.3. The van der Waals surface area contributed by atoms with E-state index in [1.807, 2.05) is 6.26 Å². The number of para-hydroxylation sites is 2. The number of amides is 1. The van der Waals surface area contributed by atoms with E-state index in [-0.39, 0.29) is 10.6 Å². The van der Waals surface area contributed by atoms with Crippen LogP contribution in [0.3, 0.4) is 0 Å². The van der Waals surface area contributed by atoms with Crippen LogP contribution in [-0.4, -0.2) is 46.8 Å². The van der Waals surface area contributed by atoms with E-state index >= 15 is 0 Å². The first-order chi connectivity index (χ1) is 17.8. The molecule has 4 rings (SSSR count). The van der Waals surface area contributed by atoms with Crippen molar-refractivity contribution in [2.45, 2.75) is 36.0 Å². The number of fused-ring (bicyclic) bond motifs is 1. The maximum Gasteiger partial charge on any atom is 0.341 e. The highest BCUT2D eigenvalue weighted by Gasteiger charge is 2.32. The summed E-state index contributed by atoms with van der Waals surface area (Å²) in [4.78, 5) is 27.8. The van der Waals surface area contributed by atoms with Gasteiger partial charge in [0, 0.05) is 9.77 Å². The molecule has 196 valence electrons. The minimum Gasteiger partial charge on any atom is -0.492 e. The number of aryl methyl sites for hydroxylation is 1. The maximum atomic E-state index is 13.8. The predicted octanol–water partition coefficient (Wildman–Crippen LogP) is 4.98. The van der Waals surface area contributed by atoms with E-state index in [2.05, 4.69) is 5.32 Å². The summed E-state index contributed by atoms with van der Waals surface area (Å²) in [5.41, 5.74) is 1.49. The van der Waals surface area contributed by atoms with Gasteiger partial charge in [0.2, 0.25) is 5.91 Å². The third-order valence-corrected chi connectivity index (χ3v) is 9.66. The van der Waals surface area contributed by atoms with Crippen LogP contribution in [0.5, 0.6) is 5.75 Å². The zero-order valence-electron chi connectivity index (χ0n) is 20.8. The smallest absolute Gasteiger partial charge is 0.341 e. The summed E-state index contributed by atoms with van der Waals surface area (Å²) in [5.74, 6) is -0.761. The molecule has 37 heavy (non-hydrogen) atoms. The Hall–Kier alpha value is -3.02. The summed E-state index contributed by atoms with van der Waals surface area (Å²) >= 11 is 2.83. The van der Waals surface area contributed by atoms with Gasteiger partial charge in [-0.2, -0.15) is 0 Å². The van der Waals surface area contributed by atoms with Crippen LogP contribution < -0.4 is 14.4 Å². The molecule has 3 aromatic rings. The number of hydrogen-bond donors (Lipinski definition) is 1. The maximum absolute atomic E-state index is 13.8. The molecule has 8 nitrogen and oxygen atoms in total. The van der Waals surface area contributed by atoms with Crippen molar-refractivity contribution in [3.8, 4) is 5.75 Å². The van der Waals surface area contributed by atoms with Crippen molar-refractivity contribution in [1.29, 1.82) is 0 Å². The first-order valence-electron chi connectivity index (χ1n) is 11.7. The van der Waals surface area contributed by atoms with E-state index in [9.17, 15) is 18.0 Å². The second-order valence-corrected chi connectivity index (χ2v) is 12.0. The fourth-order valence-corrected chi connectivity index (χ4v) is 7.36. The van der Waals surface area contributed by atoms with Crippen molar-refractivity contribution < 1.29 is 27.5 Å². The van der Waals surface area contributed by atoms with Crippen LogP contribution >= 0.6 is 23.1 Å². The van der Waals surface area contributed by atoms with Gasteiger partial charge in [0.1, 0.15) is 17.3 Å². The number of carbonyl (C=O) groups excluding carboxylic acids is 2. The number of rotatable bonds is 10. The Bertz CT molecular complexity index is 1400. The molecule has 0 spiro atoms. The Morgan fingerprint density at radius 1 is 1.11 bits per heavy atom.